The van der Waals surface area contributed by atoms with Crippen LogP contribution in [0.3, 0.4) is 0 Å². The molecule has 1 aliphatic heterocycles. The molecule has 2 aliphatic carbocycles. The molecule has 4 atom stereocenters. The summed E-state index contributed by atoms with van der Waals surface area (Å²) in [5.74, 6) is 1.73. The largest absolute Gasteiger partial charge is 0.365 e. The monoisotopic (exact) mass is 315 g/mol. The van der Waals surface area contributed by atoms with Gasteiger partial charge in [0.25, 0.3) is 5.91 Å². The van der Waals surface area contributed by atoms with E-state index >= 15 is 0 Å². The number of rotatable bonds is 4. The molecule has 3 amide bonds. The van der Waals surface area contributed by atoms with Crippen molar-refractivity contribution in [2.24, 2.45) is 17.8 Å². The van der Waals surface area contributed by atoms with Gasteiger partial charge in [0.1, 0.15) is 5.54 Å². The van der Waals surface area contributed by atoms with E-state index < -0.39 is 5.54 Å². The highest BCUT2D eigenvalue weighted by Gasteiger charge is 2.60. The number of likely N-dealkylation sites (N-methyl/N-ethyl adjacent to an activating group) is 1. The molecule has 2 saturated carbocycles. The fourth-order valence-corrected chi connectivity index (χ4v) is 5.18. The van der Waals surface area contributed by atoms with Crippen molar-refractivity contribution in [2.45, 2.75) is 44.6 Å². The number of carbonyl (C=O) groups excluding carboxylic acids is 2. The lowest BCUT2D eigenvalue weighted by Crippen LogP contribution is -2.53. The number of hydrogen-bond donors (Lipinski definition) is 1. The number of amides is 3. The van der Waals surface area contributed by atoms with E-state index in [0.29, 0.717) is 24.8 Å². The topological polar surface area (TPSA) is 56.4 Å². The maximum absolute atomic E-state index is 13.1. The van der Waals surface area contributed by atoms with Crippen LogP contribution in [0.2, 0.25) is 0 Å². The molecule has 0 spiro atoms. The van der Waals surface area contributed by atoms with Crippen LogP contribution in [0.4, 0.5) is 4.79 Å². The van der Waals surface area contributed by atoms with E-state index in [-0.39, 0.29) is 11.9 Å². The SMILES string of the molecule is CN1C(=O)N(CCc2ccc[nH]2)C(=O)C1(C)C1C[C@@H]2CC[C@H]1C2. The maximum Gasteiger partial charge on any atom is 0.327 e. The molecule has 23 heavy (non-hydrogen) atoms. The third-order valence-electron chi connectivity index (χ3n) is 6.62. The second-order valence-electron chi connectivity index (χ2n) is 7.67. The number of aromatic amines is 1. The van der Waals surface area contributed by atoms with E-state index in [1.165, 1.54) is 24.2 Å². The van der Waals surface area contributed by atoms with Crippen molar-refractivity contribution in [3.05, 3.63) is 24.0 Å². The third kappa shape index (κ3) is 2.05. The molecule has 0 aromatic carbocycles. The van der Waals surface area contributed by atoms with Gasteiger partial charge in [0.05, 0.1) is 0 Å². The van der Waals surface area contributed by atoms with Crippen molar-refractivity contribution in [2.75, 3.05) is 13.6 Å². The van der Waals surface area contributed by atoms with Crippen LogP contribution in [0, 0.1) is 17.8 Å². The normalized spacial score (nSPS) is 36.5. The summed E-state index contributed by atoms with van der Waals surface area (Å²) in [4.78, 5) is 32.1. The Kier molecular flexibility index (Phi) is 3.29. The Bertz CT molecular complexity index is 626. The van der Waals surface area contributed by atoms with E-state index in [9.17, 15) is 9.59 Å². The van der Waals surface area contributed by atoms with Gasteiger partial charge < -0.3 is 9.88 Å². The van der Waals surface area contributed by atoms with Crippen molar-refractivity contribution in [3.63, 3.8) is 0 Å². The smallest absolute Gasteiger partial charge is 0.327 e. The lowest BCUT2D eigenvalue weighted by Gasteiger charge is -2.39. The molecule has 5 nitrogen and oxygen atoms in total. The number of aromatic nitrogens is 1. The summed E-state index contributed by atoms with van der Waals surface area (Å²) in [5, 5.41) is 0. The molecule has 1 aromatic heterocycles. The zero-order valence-electron chi connectivity index (χ0n) is 13.9. The van der Waals surface area contributed by atoms with Gasteiger partial charge in [-0.25, -0.2) is 4.79 Å². The molecular weight excluding hydrogens is 290 g/mol. The molecule has 4 rings (SSSR count). The number of nitrogens with one attached hydrogen (secondary N) is 1. The number of urea groups is 1. The fraction of sp³-hybridized carbons (Fsp3) is 0.667. The van der Waals surface area contributed by atoms with Gasteiger partial charge >= 0.3 is 6.03 Å². The molecule has 1 N–H and O–H groups in total. The van der Waals surface area contributed by atoms with E-state index in [4.69, 9.17) is 0 Å². The van der Waals surface area contributed by atoms with Gasteiger partial charge in [0.2, 0.25) is 0 Å². The highest BCUT2D eigenvalue weighted by atomic mass is 16.2. The van der Waals surface area contributed by atoms with Gasteiger partial charge in [-0.2, -0.15) is 0 Å². The van der Waals surface area contributed by atoms with Crippen molar-refractivity contribution in [3.8, 4) is 0 Å². The van der Waals surface area contributed by atoms with Gasteiger partial charge in [-0.15, -0.1) is 0 Å². The third-order valence-corrected chi connectivity index (χ3v) is 6.62. The first-order chi connectivity index (χ1) is 11.0. The lowest BCUT2D eigenvalue weighted by atomic mass is 9.74. The van der Waals surface area contributed by atoms with E-state index in [0.717, 1.165) is 18.0 Å². The first kappa shape index (κ1) is 14.8. The van der Waals surface area contributed by atoms with Gasteiger partial charge in [-0.3, -0.25) is 9.69 Å². The first-order valence-electron chi connectivity index (χ1n) is 8.74. The standard InChI is InChI=1S/C18H25N3O2/c1-18(15-11-12-5-6-13(15)10-12)16(22)21(17(23)20(18)2)9-7-14-4-3-8-19-14/h3-4,8,12-13,15,19H,5-7,9-11H2,1-2H3/t12-,13+,15?,18?/m1/s1. The summed E-state index contributed by atoms with van der Waals surface area (Å²) in [7, 11) is 1.81. The Morgan fingerprint density at radius 1 is 1.30 bits per heavy atom. The molecular formula is C18H25N3O2. The highest BCUT2D eigenvalue weighted by Crippen LogP contribution is 2.54. The molecule has 2 heterocycles. The second-order valence-corrected chi connectivity index (χ2v) is 7.67. The number of nitrogens with zero attached hydrogens (tertiary/aromatic N) is 2. The summed E-state index contributed by atoms with van der Waals surface area (Å²) >= 11 is 0. The molecule has 3 fully saturated rings. The Morgan fingerprint density at radius 3 is 2.74 bits per heavy atom. The fourth-order valence-electron chi connectivity index (χ4n) is 5.18. The van der Waals surface area contributed by atoms with Crippen molar-refractivity contribution < 1.29 is 9.59 Å². The average molecular weight is 315 g/mol. The molecule has 1 saturated heterocycles. The molecule has 124 valence electrons. The molecule has 0 radical (unpaired) electrons. The van der Waals surface area contributed by atoms with E-state index in [2.05, 4.69) is 4.98 Å². The number of fused-ring (bicyclic) bond motifs is 2. The Morgan fingerprint density at radius 2 is 2.13 bits per heavy atom. The second kappa shape index (κ2) is 5.11. The van der Waals surface area contributed by atoms with Gasteiger partial charge in [0, 0.05) is 31.9 Å². The molecule has 2 unspecified atom stereocenters. The van der Waals surface area contributed by atoms with Crippen LogP contribution >= 0.6 is 0 Å². The van der Waals surface area contributed by atoms with Crippen LogP contribution in [0.15, 0.2) is 18.3 Å². The van der Waals surface area contributed by atoms with Crippen LogP contribution < -0.4 is 0 Å². The van der Waals surface area contributed by atoms with Crippen molar-refractivity contribution in [1.82, 2.24) is 14.8 Å². The van der Waals surface area contributed by atoms with Crippen LogP contribution in [0.1, 0.15) is 38.3 Å². The summed E-state index contributed by atoms with van der Waals surface area (Å²) in [6.07, 6.45) is 7.44. The first-order valence-corrected chi connectivity index (χ1v) is 8.74. The molecule has 1 aromatic rings. The van der Waals surface area contributed by atoms with Crippen LogP contribution in [-0.2, 0) is 11.2 Å². The zero-order valence-corrected chi connectivity index (χ0v) is 13.9. The highest BCUT2D eigenvalue weighted by molar-refractivity contribution is 6.06. The minimum Gasteiger partial charge on any atom is -0.365 e. The number of hydrogen-bond acceptors (Lipinski definition) is 2. The molecule has 2 bridgehead atoms. The van der Waals surface area contributed by atoms with Crippen LogP contribution in [0.25, 0.3) is 0 Å². The Hall–Kier alpha value is -1.78. The molecule has 5 heteroatoms. The Balaban J connectivity index is 1.54. The summed E-state index contributed by atoms with van der Waals surface area (Å²) in [6, 6.07) is 3.80. The van der Waals surface area contributed by atoms with Crippen molar-refractivity contribution >= 4 is 11.9 Å². The van der Waals surface area contributed by atoms with Crippen molar-refractivity contribution in [1.29, 1.82) is 0 Å². The summed E-state index contributed by atoms with van der Waals surface area (Å²) in [6.45, 7) is 2.45. The number of carbonyl (C=O) groups is 2. The Labute approximate surface area is 137 Å². The van der Waals surface area contributed by atoms with E-state index in [1.807, 2.05) is 25.3 Å². The average Bonchev–Trinajstić information content (AvgIpc) is 3.31. The van der Waals surface area contributed by atoms with Crippen LogP contribution in [-0.4, -0.2) is 45.9 Å². The molecule has 3 aliphatic rings. The van der Waals surface area contributed by atoms with Gasteiger partial charge in [0.15, 0.2) is 0 Å². The minimum absolute atomic E-state index is 0.00843. The van der Waals surface area contributed by atoms with E-state index in [1.54, 1.807) is 11.9 Å². The van der Waals surface area contributed by atoms with Crippen LogP contribution in [0.5, 0.6) is 0 Å². The summed E-state index contributed by atoms with van der Waals surface area (Å²) in [5.41, 5.74) is 0.411. The number of H-pyrrole nitrogens is 1. The summed E-state index contributed by atoms with van der Waals surface area (Å²) < 4.78 is 0. The van der Waals surface area contributed by atoms with Gasteiger partial charge in [-0.1, -0.05) is 6.42 Å². The minimum atomic E-state index is -0.646. The maximum atomic E-state index is 13.1. The zero-order chi connectivity index (χ0) is 16.2. The quantitative estimate of drug-likeness (QED) is 0.869. The van der Waals surface area contributed by atoms with Gasteiger partial charge in [-0.05, 0) is 56.1 Å². The predicted molar refractivity (Wildman–Crippen MR) is 86.7 cm³/mol. The predicted octanol–water partition coefficient (Wildman–Crippen LogP) is 2.65. The number of imide groups is 1. The lowest BCUT2D eigenvalue weighted by molar-refractivity contribution is -0.135.